The molecule has 6 heteroatoms. The van der Waals surface area contributed by atoms with Gasteiger partial charge in [-0.25, -0.2) is 4.52 Å². The number of fused-ring (bicyclic) bond motifs is 1. The zero-order valence-corrected chi connectivity index (χ0v) is 11.3. The molecule has 20 heavy (non-hydrogen) atoms. The van der Waals surface area contributed by atoms with Crippen LogP contribution in [-0.2, 0) is 16.1 Å². The lowest BCUT2D eigenvalue weighted by Gasteiger charge is -2.25. The second-order valence-corrected chi connectivity index (χ2v) is 4.87. The van der Waals surface area contributed by atoms with Crippen LogP contribution in [0.15, 0.2) is 30.6 Å². The Kier molecular flexibility index (Phi) is 3.94. The number of nitrogens with one attached hydrogen (secondary N) is 1. The number of amides is 1. The Bertz CT molecular complexity index is 590. The number of pyridine rings is 1. The number of hydrogen-bond acceptors (Lipinski definition) is 4. The fourth-order valence-corrected chi connectivity index (χ4v) is 2.34. The SMILES string of the molecule is O=C(CN1CCOCC1)NCc1cnn2ccccc12. The molecule has 0 bridgehead atoms. The van der Waals surface area contributed by atoms with Crippen LogP contribution in [0.1, 0.15) is 5.56 Å². The van der Waals surface area contributed by atoms with Gasteiger partial charge in [-0.2, -0.15) is 5.10 Å². The lowest BCUT2D eigenvalue weighted by Crippen LogP contribution is -2.43. The number of rotatable bonds is 4. The summed E-state index contributed by atoms with van der Waals surface area (Å²) in [5, 5.41) is 7.20. The molecular formula is C14H18N4O2. The number of morpholine rings is 1. The zero-order valence-electron chi connectivity index (χ0n) is 11.3. The summed E-state index contributed by atoms with van der Waals surface area (Å²) in [6, 6.07) is 5.90. The monoisotopic (exact) mass is 274 g/mol. The Hall–Kier alpha value is -1.92. The van der Waals surface area contributed by atoms with E-state index in [9.17, 15) is 4.79 Å². The van der Waals surface area contributed by atoms with Gasteiger partial charge in [0.15, 0.2) is 0 Å². The maximum Gasteiger partial charge on any atom is 0.234 e. The number of carbonyl (C=O) groups excluding carboxylic acids is 1. The molecule has 0 saturated carbocycles. The lowest BCUT2D eigenvalue weighted by molar-refractivity contribution is -0.123. The van der Waals surface area contributed by atoms with Crippen LogP contribution in [-0.4, -0.2) is 53.3 Å². The summed E-state index contributed by atoms with van der Waals surface area (Å²) in [4.78, 5) is 14.0. The van der Waals surface area contributed by atoms with E-state index in [0.29, 0.717) is 26.3 Å². The largest absolute Gasteiger partial charge is 0.379 e. The van der Waals surface area contributed by atoms with Crippen molar-refractivity contribution in [1.82, 2.24) is 19.8 Å². The van der Waals surface area contributed by atoms with Crippen molar-refractivity contribution < 1.29 is 9.53 Å². The molecule has 1 aliphatic heterocycles. The molecule has 0 unspecified atom stereocenters. The van der Waals surface area contributed by atoms with Gasteiger partial charge in [0, 0.05) is 31.4 Å². The van der Waals surface area contributed by atoms with Gasteiger partial charge in [0.05, 0.1) is 31.5 Å². The Morgan fingerprint density at radius 3 is 3.05 bits per heavy atom. The van der Waals surface area contributed by atoms with E-state index >= 15 is 0 Å². The van der Waals surface area contributed by atoms with Gasteiger partial charge in [0.25, 0.3) is 0 Å². The standard InChI is InChI=1S/C14H18N4O2/c19-14(11-17-5-7-20-8-6-17)15-9-12-10-16-18-4-2-1-3-13(12)18/h1-4,10H,5-9,11H2,(H,15,19). The molecule has 106 valence electrons. The highest BCUT2D eigenvalue weighted by molar-refractivity contribution is 5.78. The molecule has 3 rings (SSSR count). The van der Waals surface area contributed by atoms with Crippen molar-refractivity contribution in [2.75, 3.05) is 32.8 Å². The van der Waals surface area contributed by atoms with Crippen molar-refractivity contribution in [1.29, 1.82) is 0 Å². The minimum Gasteiger partial charge on any atom is -0.379 e. The summed E-state index contributed by atoms with van der Waals surface area (Å²) in [7, 11) is 0. The van der Waals surface area contributed by atoms with Crippen molar-refractivity contribution in [3.63, 3.8) is 0 Å². The minimum absolute atomic E-state index is 0.0437. The molecule has 1 N–H and O–H groups in total. The van der Waals surface area contributed by atoms with Gasteiger partial charge in [0.2, 0.25) is 5.91 Å². The summed E-state index contributed by atoms with van der Waals surface area (Å²) in [5.41, 5.74) is 2.06. The van der Waals surface area contributed by atoms with Crippen LogP contribution in [0.5, 0.6) is 0 Å². The van der Waals surface area contributed by atoms with E-state index in [1.165, 1.54) is 0 Å². The molecule has 1 amide bonds. The van der Waals surface area contributed by atoms with Crippen LogP contribution in [0.3, 0.4) is 0 Å². The molecule has 0 radical (unpaired) electrons. The first-order valence-electron chi connectivity index (χ1n) is 6.81. The summed E-state index contributed by atoms with van der Waals surface area (Å²) in [5.74, 6) is 0.0437. The highest BCUT2D eigenvalue weighted by Crippen LogP contribution is 2.09. The number of carbonyl (C=O) groups is 1. The second kappa shape index (κ2) is 6.02. The van der Waals surface area contributed by atoms with E-state index in [1.807, 2.05) is 28.9 Å². The molecule has 3 heterocycles. The first kappa shape index (κ1) is 13.1. The van der Waals surface area contributed by atoms with Crippen LogP contribution in [0.4, 0.5) is 0 Å². The Balaban J connectivity index is 1.54. The third-order valence-corrected chi connectivity index (χ3v) is 3.45. The van der Waals surface area contributed by atoms with Gasteiger partial charge in [-0.1, -0.05) is 6.07 Å². The van der Waals surface area contributed by atoms with Crippen LogP contribution < -0.4 is 5.32 Å². The molecule has 1 aliphatic rings. The lowest BCUT2D eigenvalue weighted by atomic mass is 10.2. The van der Waals surface area contributed by atoms with Gasteiger partial charge in [-0.15, -0.1) is 0 Å². The van der Waals surface area contributed by atoms with Gasteiger partial charge in [0.1, 0.15) is 0 Å². The second-order valence-electron chi connectivity index (χ2n) is 4.87. The maximum absolute atomic E-state index is 11.9. The molecule has 2 aromatic heterocycles. The van der Waals surface area contributed by atoms with Gasteiger partial charge >= 0.3 is 0 Å². The van der Waals surface area contributed by atoms with E-state index in [2.05, 4.69) is 15.3 Å². The summed E-state index contributed by atoms with van der Waals surface area (Å²) < 4.78 is 7.07. The predicted molar refractivity (Wildman–Crippen MR) is 74.3 cm³/mol. The van der Waals surface area contributed by atoms with Crippen molar-refractivity contribution in [2.45, 2.75) is 6.54 Å². The molecule has 0 aliphatic carbocycles. The molecule has 1 saturated heterocycles. The third-order valence-electron chi connectivity index (χ3n) is 3.45. The molecule has 0 atom stereocenters. The fraction of sp³-hybridized carbons (Fsp3) is 0.429. The van der Waals surface area contributed by atoms with Crippen molar-refractivity contribution >= 4 is 11.4 Å². The number of hydrogen-bond donors (Lipinski definition) is 1. The topological polar surface area (TPSA) is 58.9 Å². The first-order valence-corrected chi connectivity index (χ1v) is 6.81. The number of nitrogens with zero attached hydrogens (tertiary/aromatic N) is 3. The van der Waals surface area contributed by atoms with Crippen molar-refractivity contribution in [3.05, 3.63) is 36.2 Å². The van der Waals surface area contributed by atoms with Crippen molar-refractivity contribution in [3.8, 4) is 0 Å². The number of aromatic nitrogens is 2. The Morgan fingerprint density at radius 1 is 1.35 bits per heavy atom. The summed E-state index contributed by atoms with van der Waals surface area (Å²) in [6.45, 7) is 4.01. The predicted octanol–water partition coefficient (Wildman–Crippen LogP) is 0.283. The van der Waals surface area contributed by atoms with E-state index < -0.39 is 0 Å². The molecule has 1 fully saturated rings. The molecular weight excluding hydrogens is 256 g/mol. The van der Waals surface area contributed by atoms with Crippen molar-refractivity contribution in [2.24, 2.45) is 0 Å². The highest BCUT2D eigenvalue weighted by Gasteiger charge is 2.14. The zero-order chi connectivity index (χ0) is 13.8. The van der Waals surface area contributed by atoms with E-state index in [0.717, 1.165) is 24.2 Å². The van der Waals surface area contributed by atoms with Crippen LogP contribution in [0.25, 0.3) is 5.52 Å². The summed E-state index contributed by atoms with van der Waals surface area (Å²) in [6.07, 6.45) is 3.69. The molecule has 2 aromatic rings. The first-order chi connectivity index (χ1) is 9.83. The normalized spacial score (nSPS) is 16.4. The maximum atomic E-state index is 11.9. The molecule has 0 spiro atoms. The fourth-order valence-electron chi connectivity index (χ4n) is 2.34. The van der Waals surface area contributed by atoms with Crippen LogP contribution in [0, 0.1) is 0 Å². The van der Waals surface area contributed by atoms with E-state index in [1.54, 1.807) is 6.20 Å². The van der Waals surface area contributed by atoms with Crippen LogP contribution in [0.2, 0.25) is 0 Å². The highest BCUT2D eigenvalue weighted by atomic mass is 16.5. The van der Waals surface area contributed by atoms with E-state index in [4.69, 9.17) is 4.74 Å². The third kappa shape index (κ3) is 2.97. The Labute approximate surface area is 117 Å². The quantitative estimate of drug-likeness (QED) is 0.870. The number of ether oxygens (including phenoxy) is 1. The van der Waals surface area contributed by atoms with Gasteiger partial charge in [-0.3, -0.25) is 9.69 Å². The Morgan fingerprint density at radius 2 is 2.20 bits per heavy atom. The summed E-state index contributed by atoms with van der Waals surface area (Å²) >= 11 is 0. The van der Waals surface area contributed by atoms with Gasteiger partial charge in [-0.05, 0) is 12.1 Å². The van der Waals surface area contributed by atoms with E-state index in [-0.39, 0.29) is 5.91 Å². The van der Waals surface area contributed by atoms with Gasteiger partial charge < -0.3 is 10.1 Å². The average molecular weight is 274 g/mol. The molecule has 6 nitrogen and oxygen atoms in total. The molecule has 0 aromatic carbocycles. The average Bonchev–Trinajstić information content (AvgIpc) is 2.89. The smallest absolute Gasteiger partial charge is 0.234 e. The van der Waals surface area contributed by atoms with Crippen LogP contribution >= 0.6 is 0 Å². The minimum atomic E-state index is 0.0437.